The van der Waals surface area contributed by atoms with Crippen LogP contribution in [0.1, 0.15) is 19.3 Å². The molecule has 3 aliphatic carbocycles. The maximum absolute atomic E-state index is 14.2. The van der Waals surface area contributed by atoms with Gasteiger partial charge < -0.3 is 14.6 Å². The highest BCUT2D eigenvalue weighted by Crippen LogP contribution is 2.68. The van der Waals surface area contributed by atoms with Crippen LogP contribution in [0.5, 0.6) is 5.75 Å². The highest BCUT2D eigenvalue weighted by Gasteiger charge is 2.70. The summed E-state index contributed by atoms with van der Waals surface area (Å²) in [5, 5.41) is 15.1. The van der Waals surface area contributed by atoms with E-state index in [-0.39, 0.29) is 22.9 Å². The Morgan fingerprint density at radius 1 is 1.21 bits per heavy atom. The van der Waals surface area contributed by atoms with Gasteiger partial charge in [-0.15, -0.1) is 0 Å². The third kappa shape index (κ3) is 2.94. The van der Waals surface area contributed by atoms with E-state index in [1.54, 1.807) is 12.3 Å². The SMILES string of the molecule is COc1cc(F)c([N+](=O)[O-])cc1Nc1nccc(-c2cn(C34CC(F)(C3)C4)c3ccccc23)n1. The Balaban J connectivity index is 1.40. The van der Waals surface area contributed by atoms with Crippen LogP contribution >= 0.6 is 0 Å². The van der Waals surface area contributed by atoms with Crippen molar-refractivity contribution in [3.8, 4) is 17.0 Å². The number of alkyl halides is 1. The number of para-hydroxylation sites is 1. The molecule has 172 valence electrons. The molecule has 7 rings (SSSR count). The Morgan fingerprint density at radius 2 is 1.97 bits per heavy atom. The number of rotatable bonds is 6. The molecular formula is C24H19F2N5O3. The topological polar surface area (TPSA) is 95.1 Å². The third-order valence-electron chi connectivity index (χ3n) is 6.80. The van der Waals surface area contributed by atoms with Crippen molar-refractivity contribution in [2.45, 2.75) is 30.5 Å². The number of nitrogens with zero attached hydrogens (tertiary/aromatic N) is 4. The Bertz CT molecular complexity index is 1470. The van der Waals surface area contributed by atoms with Crippen molar-refractivity contribution in [2.24, 2.45) is 0 Å². The van der Waals surface area contributed by atoms with E-state index in [0.717, 1.165) is 28.6 Å². The predicted octanol–water partition coefficient (Wildman–Crippen LogP) is 5.50. The largest absolute Gasteiger partial charge is 0.494 e. The van der Waals surface area contributed by atoms with Crippen molar-refractivity contribution < 1.29 is 18.4 Å². The smallest absolute Gasteiger partial charge is 0.307 e. The molecule has 2 heterocycles. The molecule has 34 heavy (non-hydrogen) atoms. The maximum Gasteiger partial charge on any atom is 0.307 e. The number of aromatic nitrogens is 3. The van der Waals surface area contributed by atoms with Crippen LogP contribution in [0.4, 0.5) is 26.1 Å². The first-order valence-corrected chi connectivity index (χ1v) is 10.7. The number of methoxy groups -OCH3 is 1. The molecule has 0 radical (unpaired) electrons. The van der Waals surface area contributed by atoms with Crippen LogP contribution < -0.4 is 10.1 Å². The fraction of sp³-hybridized carbons (Fsp3) is 0.250. The van der Waals surface area contributed by atoms with Crippen LogP contribution in [0, 0.1) is 15.9 Å². The predicted molar refractivity (Wildman–Crippen MR) is 122 cm³/mol. The minimum atomic E-state index is -1.02. The molecular weight excluding hydrogens is 444 g/mol. The van der Waals surface area contributed by atoms with Crippen molar-refractivity contribution in [1.82, 2.24) is 14.5 Å². The van der Waals surface area contributed by atoms with Gasteiger partial charge in [-0.25, -0.2) is 14.4 Å². The second-order valence-corrected chi connectivity index (χ2v) is 8.99. The first-order chi connectivity index (χ1) is 16.3. The number of hydrogen-bond donors (Lipinski definition) is 1. The van der Waals surface area contributed by atoms with E-state index in [9.17, 15) is 18.9 Å². The van der Waals surface area contributed by atoms with Crippen molar-refractivity contribution in [1.29, 1.82) is 0 Å². The fourth-order valence-electron chi connectivity index (χ4n) is 5.29. The second kappa shape index (κ2) is 6.96. The fourth-order valence-corrected chi connectivity index (χ4v) is 5.29. The number of halogens is 2. The Kier molecular flexibility index (Phi) is 4.20. The number of hydrogen-bond acceptors (Lipinski definition) is 6. The minimum Gasteiger partial charge on any atom is -0.494 e. The lowest BCUT2D eigenvalue weighted by atomic mass is 9.47. The van der Waals surface area contributed by atoms with Gasteiger partial charge in [-0.05, 0) is 12.1 Å². The zero-order valence-electron chi connectivity index (χ0n) is 18.1. The molecule has 3 saturated carbocycles. The Hall–Kier alpha value is -4.08. The first kappa shape index (κ1) is 20.5. The summed E-state index contributed by atoms with van der Waals surface area (Å²) < 4.78 is 35.6. The lowest BCUT2D eigenvalue weighted by Gasteiger charge is -2.66. The number of benzene rings is 2. The molecule has 8 nitrogen and oxygen atoms in total. The summed E-state index contributed by atoms with van der Waals surface area (Å²) >= 11 is 0. The standard InChI is InChI=1S/C24H19F2N5O3/c1-34-21-8-16(25)20(31(32)33)9-18(21)29-22-27-7-6-17(28-22)15-10-30(19-5-3-2-4-14(15)19)24-11-23(26,12-24)13-24/h2-10H,11-13H2,1H3,(H,27,28,29). The maximum atomic E-state index is 14.2. The molecule has 0 aliphatic heterocycles. The van der Waals surface area contributed by atoms with Gasteiger partial charge >= 0.3 is 5.69 Å². The number of nitro benzene ring substituents is 1. The Morgan fingerprint density at radius 3 is 2.68 bits per heavy atom. The van der Waals surface area contributed by atoms with E-state index in [1.807, 2.05) is 30.5 Å². The van der Waals surface area contributed by atoms with Gasteiger partial charge in [0.05, 0.1) is 29.0 Å². The number of anilines is 2. The highest BCUT2D eigenvalue weighted by atomic mass is 19.1. The summed E-state index contributed by atoms with van der Waals surface area (Å²) in [6.45, 7) is 0. The average molecular weight is 463 g/mol. The lowest BCUT2D eigenvalue weighted by molar-refractivity contribution is -0.387. The number of nitro groups is 1. The van der Waals surface area contributed by atoms with Crippen LogP contribution in [0.3, 0.4) is 0 Å². The van der Waals surface area contributed by atoms with Crippen molar-refractivity contribution >= 4 is 28.2 Å². The quantitative estimate of drug-likeness (QED) is 0.300. The van der Waals surface area contributed by atoms with E-state index < -0.39 is 22.1 Å². The average Bonchev–Trinajstić information content (AvgIpc) is 3.17. The van der Waals surface area contributed by atoms with E-state index in [1.165, 1.54) is 7.11 Å². The summed E-state index contributed by atoms with van der Waals surface area (Å²) in [6, 6.07) is 11.7. The van der Waals surface area contributed by atoms with Crippen LogP contribution in [0.2, 0.25) is 0 Å². The molecule has 0 spiro atoms. The summed E-state index contributed by atoms with van der Waals surface area (Å²) in [6.07, 6.45) is 5.16. The molecule has 2 aromatic carbocycles. The number of nitrogens with one attached hydrogen (secondary N) is 1. The number of fused-ring (bicyclic) bond motifs is 1. The summed E-state index contributed by atoms with van der Waals surface area (Å²) in [4.78, 5) is 19.2. The van der Waals surface area contributed by atoms with E-state index in [2.05, 4.69) is 19.9 Å². The highest BCUT2D eigenvalue weighted by molar-refractivity contribution is 5.95. The van der Waals surface area contributed by atoms with E-state index >= 15 is 0 Å². The molecule has 0 saturated heterocycles. The number of ether oxygens (including phenoxy) is 1. The molecule has 2 aromatic heterocycles. The Labute approximate surface area is 192 Å². The summed E-state index contributed by atoms with van der Waals surface area (Å²) in [7, 11) is 1.34. The van der Waals surface area contributed by atoms with Gasteiger partial charge in [0.25, 0.3) is 0 Å². The molecule has 3 fully saturated rings. The van der Waals surface area contributed by atoms with Gasteiger partial charge in [0.2, 0.25) is 11.8 Å². The van der Waals surface area contributed by atoms with Crippen molar-refractivity contribution in [2.75, 3.05) is 12.4 Å². The molecule has 1 N–H and O–H groups in total. The van der Waals surface area contributed by atoms with Gasteiger partial charge in [0.15, 0.2) is 0 Å². The molecule has 4 aromatic rings. The third-order valence-corrected chi connectivity index (χ3v) is 6.80. The van der Waals surface area contributed by atoms with E-state index in [0.29, 0.717) is 25.0 Å². The first-order valence-electron chi connectivity index (χ1n) is 10.7. The zero-order chi connectivity index (χ0) is 23.7. The van der Waals surface area contributed by atoms with Crippen LogP contribution in [0.15, 0.2) is 54.9 Å². The molecule has 10 heteroatoms. The van der Waals surface area contributed by atoms with Gasteiger partial charge in [-0.3, -0.25) is 10.1 Å². The van der Waals surface area contributed by atoms with Crippen molar-refractivity contribution in [3.63, 3.8) is 0 Å². The van der Waals surface area contributed by atoms with Gasteiger partial charge in [-0.1, -0.05) is 18.2 Å². The molecule has 3 aliphatic rings. The zero-order valence-corrected chi connectivity index (χ0v) is 18.1. The van der Waals surface area contributed by atoms with Gasteiger partial charge in [0, 0.05) is 60.3 Å². The molecule has 0 unspecified atom stereocenters. The van der Waals surface area contributed by atoms with Crippen molar-refractivity contribution in [3.05, 3.63) is 70.8 Å². The minimum absolute atomic E-state index is 0.0810. The van der Waals surface area contributed by atoms with Gasteiger partial charge in [0.1, 0.15) is 11.4 Å². The monoisotopic (exact) mass is 463 g/mol. The summed E-state index contributed by atoms with van der Waals surface area (Å²) in [5.74, 6) is -0.752. The summed E-state index contributed by atoms with van der Waals surface area (Å²) in [5.41, 5.74) is 0.794. The van der Waals surface area contributed by atoms with E-state index in [4.69, 9.17) is 4.74 Å². The van der Waals surface area contributed by atoms with Crippen LogP contribution in [0.25, 0.3) is 22.2 Å². The molecule has 2 bridgehead atoms. The van der Waals surface area contributed by atoms with Crippen LogP contribution in [-0.2, 0) is 5.54 Å². The lowest BCUT2D eigenvalue weighted by Crippen LogP contribution is -2.69. The normalized spacial score (nSPS) is 22.7. The molecule has 0 amide bonds. The van der Waals surface area contributed by atoms with Gasteiger partial charge in [-0.2, -0.15) is 4.39 Å². The molecule has 0 atom stereocenters. The van der Waals surface area contributed by atoms with Crippen LogP contribution in [-0.4, -0.2) is 32.2 Å². The second-order valence-electron chi connectivity index (χ2n) is 8.99.